The summed E-state index contributed by atoms with van der Waals surface area (Å²) in [6.45, 7) is 8.05. The lowest BCUT2D eigenvalue weighted by Gasteiger charge is -2.25. The van der Waals surface area contributed by atoms with Crippen LogP contribution in [-0.2, 0) is 14.3 Å². The molecule has 202 valence electrons. The summed E-state index contributed by atoms with van der Waals surface area (Å²) in [6.07, 6.45) is 1.84. The third-order valence-corrected chi connectivity index (χ3v) is 6.76. The van der Waals surface area contributed by atoms with Gasteiger partial charge in [-0.1, -0.05) is 68.4 Å². The van der Waals surface area contributed by atoms with Crippen LogP contribution in [0.5, 0.6) is 0 Å². The van der Waals surface area contributed by atoms with E-state index < -0.39 is 18.1 Å². The number of benzene rings is 3. The SMILES string of the molecule is CCOC(=O)CC(NC(=O)[C@H](CC(C)C)n1cnc2ccccc2c1=O)c1cccc(-c2ccccc2C)c1. The summed E-state index contributed by atoms with van der Waals surface area (Å²) in [5.74, 6) is -0.625. The molecule has 0 bridgehead atoms. The maximum absolute atomic E-state index is 13.8. The van der Waals surface area contributed by atoms with Crippen LogP contribution in [0.3, 0.4) is 0 Å². The molecule has 1 unspecified atom stereocenters. The molecule has 4 aromatic rings. The van der Waals surface area contributed by atoms with E-state index in [2.05, 4.69) is 10.3 Å². The van der Waals surface area contributed by atoms with Crippen molar-refractivity contribution in [2.45, 2.75) is 52.6 Å². The molecule has 0 aliphatic rings. The van der Waals surface area contributed by atoms with Gasteiger partial charge in [0.1, 0.15) is 6.04 Å². The van der Waals surface area contributed by atoms with Crippen molar-refractivity contribution in [3.8, 4) is 11.1 Å². The molecule has 2 atom stereocenters. The number of rotatable bonds is 10. The molecule has 0 aliphatic carbocycles. The van der Waals surface area contributed by atoms with Gasteiger partial charge in [-0.2, -0.15) is 0 Å². The van der Waals surface area contributed by atoms with Gasteiger partial charge in [-0.15, -0.1) is 0 Å². The number of nitrogens with zero attached hydrogens (tertiary/aromatic N) is 2. The molecule has 0 fully saturated rings. The Kier molecular flexibility index (Phi) is 8.92. The van der Waals surface area contributed by atoms with Gasteiger partial charge < -0.3 is 10.1 Å². The molecule has 1 N–H and O–H groups in total. The number of hydrogen-bond acceptors (Lipinski definition) is 5. The van der Waals surface area contributed by atoms with E-state index in [1.165, 1.54) is 10.9 Å². The Bertz CT molecular complexity index is 1530. The number of fused-ring (bicyclic) bond motifs is 1. The molecule has 0 aliphatic heterocycles. The van der Waals surface area contributed by atoms with Gasteiger partial charge in [0.15, 0.2) is 0 Å². The minimum Gasteiger partial charge on any atom is -0.466 e. The van der Waals surface area contributed by atoms with Crippen molar-refractivity contribution in [2.24, 2.45) is 5.92 Å². The van der Waals surface area contributed by atoms with Crippen LogP contribution in [0.15, 0.2) is 83.9 Å². The predicted octanol–water partition coefficient (Wildman–Crippen LogP) is 5.77. The molecule has 0 saturated heterocycles. The lowest BCUT2D eigenvalue weighted by Crippen LogP contribution is -2.40. The number of carbonyl (C=O) groups excluding carboxylic acids is 2. The number of nitrogens with one attached hydrogen (secondary N) is 1. The largest absolute Gasteiger partial charge is 0.466 e. The third kappa shape index (κ3) is 6.60. The van der Waals surface area contributed by atoms with E-state index in [9.17, 15) is 14.4 Å². The van der Waals surface area contributed by atoms with E-state index >= 15 is 0 Å². The van der Waals surface area contributed by atoms with Crippen LogP contribution in [0.25, 0.3) is 22.0 Å². The van der Waals surface area contributed by atoms with Crippen LogP contribution in [0.2, 0.25) is 0 Å². The van der Waals surface area contributed by atoms with Gasteiger partial charge in [0.25, 0.3) is 5.56 Å². The van der Waals surface area contributed by atoms with Gasteiger partial charge in [-0.05, 0) is 66.6 Å². The lowest BCUT2D eigenvalue weighted by atomic mass is 9.95. The van der Waals surface area contributed by atoms with Crippen molar-refractivity contribution in [1.82, 2.24) is 14.9 Å². The first-order valence-electron chi connectivity index (χ1n) is 13.4. The minimum atomic E-state index is -0.793. The van der Waals surface area contributed by atoms with Gasteiger partial charge in [0.05, 0.1) is 36.3 Å². The molecule has 1 aromatic heterocycles. The summed E-state index contributed by atoms with van der Waals surface area (Å²) in [4.78, 5) is 44.2. The molecule has 0 saturated carbocycles. The molecule has 7 nitrogen and oxygen atoms in total. The molecule has 7 heteroatoms. The number of amides is 1. The highest BCUT2D eigenvalue weighted by Crippen LogP contribution is 2.28. The fourth-order valence-corrected chi connectivity index (χ4v) is 4.82. The zero-order valence-electron chi connectivity index (χ0n) is 22.9. The summed E-state index contributed by atoms with van der Waals surface area (Å²) in [6, 6.07) is 21.6. The standard InChI is InChI=1S/C32H35N3O4/c1-5-39-30(36)19-28(24-13-10-12-23(18-24)25-14-7-6-11-22(25)4)34-31(37)29(17-21(2)3)35-20-33-27-16-9-8-15-26(27)32(35)38/h6-16,18,20-21,28-29H,5,17,19H2,1-4H3,(H,34,37)/t28?,29-/m0/s1. The van der Waals surface area contributed by atoms with Crippen molar-refractivity contribution < 1.29 is 14.3 Å². The molecule has 3 aromatic carbocycles. The highest BCUT2D eigenvalue weighted by atomic mass is 16.5. The van der Waals surface area contributed by atoms with Crippen LogP contribution in [-0.4, -0.2) is 28.0 Å². The number of ether oxygens (including phenoxy) is 1. The number of hydrogen-bond donors (Lipinski definition) is 1. The Morgan fingerprint density at radius 3 is 2.49 bits per heavy atom. The molecular weight excluding hydrogens is 490 g/mol. The van der Waals surface area contributed by atoms with Crippen molar-refractivity contribution in [2.75, 3.05) is 6.61 Å². The first kappa shape index (κ1) is 27.8. The van der Waals surface area contributed by atoms with Crippen molar-refractivity contribution in [3.05, 3.63) is 101 Å². The van der Waals surface area contributed by atoms with Crippen LogP contribution in [0.4, 0.5) is 0 Å². The number of esters is 1. The van der Waals surface area contributed by atoms with E-state index in [0.29, 0.717) is 17.3 Å². The van der Waals surface area contributed by atoms with Gasteiger partial charge in [-0.25, -0.2) is 4.98 Å². The average Bonchev–Trinajstić information content (AvgIpc) is 2.92. The van der Waals surface area contributed by atoms with E-state index in [1.807, 2.05) is 75.4 Å². The Morgan fingerprint density at radius 1 is 1.00 bits per heavy atom. The number of aryl methyl sites for hydroxylation is 1. The van der Waals surface area contributed by atoms with E-state index in [4.69, 9.17) is 4.74 Å². The Labute approximate surface area is 228 Å². The van der Waals surface area contributed by atoms with Crippen LogP contribution in [0, 0.1) is 12.8 Å². The second-order valence-electron chi connectivity index (χ2n) is 10.1. The zero-order chi connectivity index (χ0) is 27.9. The van der Waals surface area contributed by atoms with Gasteiger partial charge >= 0.3 is 5.97 Å². The monoisotopic (exact) mass is 525 g/mol. The minimum absolute atomic E-state index is 0.0317. The van der Waals surface area contributed by atoms with Gasteiger partial charge in [0.2, 0.25) is 5.91 Å². The highest BCUT2D eigenvalue weighted by Gasteiger charge is 2.28. The van der Waals surface area contributed by atoms with E-state index in [0.717, 1.165) is 22.3 Å². The number of carbonyl (C=O) groups is 2. The summed E-state index contributed by atoms with van der Waals surface area (Å²) in [5, 5.41) is 3.52. The summed E-state index contributed by atoms with van der Waals surface area (Å²) in [7, 11) is 0. The average molecular weight is 526 g/mol. The summed E-state index contributed by atoms with van der Waals surface area (Å²) < 4.78 is 6.64. The highest BCUT2D eigenvalue weighted by molar-refractivity contribution is 5.83. The molecule has 4 rings (SSSR count). The lowest BCUT2D eigenvalue weighted by molar-refractivity contribution is -0.144. The van der Waals surface area contributed by atoms with Gasteiger partial charge in [0, 0.05) is 0 Å². The predicted molar refractivity (Wildman–Crippen MR) is 153 cm³/mol. The fraction of sp³-hybridized carbons (Fsp3) is 0.312. The first-order valence-corrected chi connectivity index (χ1v) is 13.4. The van der Waals surface area contributed by atoms with Crippen molar-refractivity contribution >= 4 is 22.8 Å². The molecule has 0 radical (unpaired) electrons. The first-order chi connectivity index (χ1) is 18.8. The molecular formula is C32H35N3O4. The second kappa shape index (κ2) is 12.5. The summed E-state index contributed by atoms with van der Waals surface area (Å²) in [5.41, 5.74) is 4.28. The van der Waals surface area contributed by atoms with E-state index in [-0.39, 0.29) is 30.4 Å². The molecule has 1 heterocycles. The zero-order valence-corrected chi connectivity index (χ0v) is 22.9. The van der Waals surface area contributed by atoms with Crippen molar-refractivity contribution in [3.63, 3.8) is 0 Å². The van der Waals surface area contributed by atoms with Gasteiger partial charge in [-0.3, -0.25) is 19.0 Å². The smallest absolute Gasteiger partial charge is 0.308 e. The normalized spacial score (nSPS) is 12.7. The van der Waals surface area contributed by atoms with Crippen LogP contribution >= 0.6 is 0 Å². The Balaban J connectivity index is 1.71. The Hall–Kier alpha value is -4.26. The quantitative estimate of drug-likeness (QED) is 0.266. The second-order valence-corrected chi connectivity index (χ2v) is 10.1. The fourth-order valence-electron chi connectivity index (χ4n) is 4.82. The maximum atomic E-state index is 13.8. The Morgan fingerprint density at radius 2 is 1.74 bits per heavy atom. The number of aromatic nitrogens is 2. The van der Waals surface area contributed by atoms with Crippen LogP contribution in [0.1, 0.15) is 56.8 Å². The maximum Gasteiger partial charge on any atom is 0.308 e. The van der Waals surface area contributed by atoms with Crippen LogP contribution < -0.4 is 10.9 Å². The third-order valence-electron chi connectivity index (χ3n) is 6.76. The number of para-hydroxylation sites is 1. The molecule has 0 spiro atoms. The molecule has 1 amide bonds. The van der Waals surface area contributed by atoms with Crippen molar-refractivity contribution in [1.29, 1.82) is 0 Å². The summed E-state index contributed by atoms with van der Waals surface area (Å²) >= 11 is 0. The van der Waals surface area contributed by atoms with E-state index in [1.54, 1.807) is 25.1 Å². The molecule has 39 heavy (non-hydrogen) atoms. The topological polar surface area (TPSA) is 90.3 Å².